The largest absolute Gasteiger partial charge is 0.444 e. The van der Waals surface area contributed by atoms with Gasteiger partial charge in [0.2, 0.25) is 0 Å². The van der Waals surface area contributed by atoms with Gasteiger partial charge in [0.25, 0.3) is 0 Å². The van der Waals surface area contributed by atoms with Crippen LogP contribution >= 0.6 is 0 Å². The van der Waals surface area contributed by atoms with Crippen LogP contribution in [0, 0.1) is 5.92 Å². The maximum atomic E-state index is 12.4. The van der Waals surface area contributed by atoms with Crippen molar-refractivity contribution in [3.8, 4) is 0 Å². The maximum Gasteiger partial charge on any atom is 0.407 e. The molecule has 0 aliphatic heterocycles. The zero-order chi connectivity index (χ0) is 21.0. The van der Waals surface area contributed by atoms with Gasteiger partial charge in [0.15, 0.2) is 0 Å². The molecule has 3 atom stereocenters. The van der Waals surface area contributed by atoms with Gasteiger partial charge in [-0.2, -0.15) is 0 Å². The summed E-state index contributed by atoms with van der Waals surface area (Å²) in [6, 6.07) is -0.494. The molecule has 1 unspecified atom stereocenters. The molecule has 0 radical (unpaired) electrons. The van der Waals surface area contributed by atoms with Gasteiger partial charge in [-0.15, -0.1) is 0 Å². The molecule has 28 heavy (non-hydrogen) atoms. The Bertz CT molecular complexity index is 421. The van der Waals surface area contributed by atoms with Crippen molar-refractivity contribution < 1.29 is 34.0 Å². The van der Waals surface area contributed by atoms with Crippen molar-refractivity contribution in [3.05, 3.63) is 0 Å². The third-order valence-corrected chi connectivity index (χ3v) is 4.75. The minimum atomic E-state index is -1.14. The Balaban J connectivity index is 2.79. The monoisotopic (exact) mass is 405 g/mol. The summed E-state index contributed by atoms with van der Waals surface area (Å²) in [7, 11) is 1.58. The van der Waals surface area contributed by atoms with Crippen molar-refractivity contribution >= 4 is 6.09 Å². The van der Waals surface area contributed by atoms with Crippen LogP contribution in [0.4, 0.5) is 4.79 Å². The number of hydrogen-bond donors (Lipinski definition) is 3. The number of carbonyl (C=O) groups is 1. The quantitative estimate of drug-likeness (QED) is 0.338. The molecule has 1 rings (SSSR count). The first-order valence-corrected chi connectivity index (χ1v) is 10.2. The highest BCUT2D eigenvalue weighted by Crippen LogP contribution is 2.29. The van der Waals surface area contributed by atoms with Gasteiger partial charge < -0.3 is 34.5 Å². The second-order valence-corrected chi connectivity index (χ2v) is 8.39. The first kappa shape index (κ1) is 25.1. The second-order valence-electron chi connectivity index (χ2n) is 8.39. The summed E-state index contributed by atoms with van der Waals surface area (Å²) in [5, 5.41) is 22.7. The fourth-order valence-corrected chi connectivity index (χ4v) is 3.44. The number of aliphatic hydroxyl groups is 2. The zero-order valence-electron chi connectivity index (χ0n) is 17.8. The molecular weight excluding hydrogens is 366 g/mol. The van der Waals surface area contributed by atoms with Gasteiger partial charge in [-0.05, 0) is 33.1 Å². The SMILES string of the molecule is COCCOCO[C@@H](C(O)CO)[C@H](CC1CCCCC1)NC(=O)OC(C)(C)C. The van der Waals surface area contributed by atoms with E-state index in [2.05, 4.69) is 5.32 Å². The molecular formula is C20H39NO7. The lowest BCUT2D eigenvalue weighted by Crippen LogP contribution is -2.53. The average molecular weight is 406 g/mol. The van der Waals surface area contributed by atoms with Crippen LogP contribution in [-0.2, 0) is 18.9 Å². The number of carbonyl (C=O) groups excluding carboxylic acids is 1. The van der Waals surface area contributed by atoms with Gasteiger partial charge in [-0.1, -0.05) is 32.1 Å². The molecule has 1 fully saturated rings. The lowest BCUT2D eigenvalue weighted by Gasteiger charge is -2.34. The first-order chi connectivity index (χ1) is 13.3. The lowest BCUT2D eigenvalue weighted by molar-refractivity contribution is -0.147. The molecule has 166 valence electrons. The lowest BCUT2D eigenvalue weighted by atomic mass is 9.83. The van der Waals surface area contributed by atoms with E-state index in [9.17, 15) is 15.0 Å². The van der Waals surface area contributed by atoms with Crippen LogP contribution in [0.1, 0.15) is 59.3 Å². The summed E-state index contributed by atoms with van der Waals surface area (Å²) in [6.07, 6.45) is 3.86. The molecule has 0 spiro atoms. The normalized spacial score (nSPS) is 19.1. The first-order valence-electron chi connectivity index (χ1n) is 10.2. The molecule has 0 heterocycles. The molecule has 1 aliphatic carbocycles. The second kappa shape index (κ2) is 13.3. The average Bonchev–Trinajstić information content (AvgIpc) is 2.63. The molecule has 0 aromatic heterocycles. The Kier molecular flexibility index (Phi) is 11.9. The molecule has 0 saturated heterocycles. The summed E-state index contributed by atoms with van der Waals surface area (Å²) in [6.45, 7) is 5.63. The van der Waals surface area contributed by atoms with Crippen LogP contribution in [0.25, 0.3) is 0 Å². The van der Waals surface area contributed by atoms with Crippen LogP contribution in [0.15, 0.2) is 0 Å². The van der Waals surface area contributed by atoms with Crippen LogP contribution in [0.5, 0.6) is 0 Å². The van der Waals surface area contributed by atoms with Gasteiger partial charge in [0, 0.05) is 7.11 Å². The molecule has 3 N–H and O–H groups in total. The van der Waals surface area contributed by atoms with Gasteiger partial charge in [0.05, 0.1) is 25.9 Å². The van der Waals surface area contributed by atoms with Crippen molar-refractivity contribution in [2.75, 3.05) is 33.7 Å². The standard InChI is InChI=1S/C20H39NO7/c1-20(2,3)28-19(24)21-16(12-15-8-6-5-7-9-15)18(17(23)13-22)27-14-26-11-10-25-4/h15-18,22-23H,5-14H2,1-4H3,(H,21,24)/t16-,17?,18+/m0/s1. The smallest absolute Gasteiger partial charge is 0.407 e. The summed E-state index contributed by atoms with van der Waals surface area (Å²) >= 11 is 0. The van der Waals surface area contributed by atoms with E-state index in [1.54, 1.807) is 27.9 Å². The topological polar surface area (TPSA) is 106 Å². The van der Waals surface area contributed by atoms with Crippen molar-refractivity contribution in [2.45, 2.75) is 83.1 Å². The van der Waals surface area contributed by atoms with Gasteiger partial charge in [0.1, 0.15) is 24.6 Å². The highest BCUT2D eigenvalue weighted by molar-refractivity contribution is 5.68. The van der Waals surface area contributed by atoms with Crippen molar-refractivity contribution in [3.63, 3.8) is 0 Å². The molecule has 0 aromatic rings. The van der Waals surface area contributed by atoms with Crippen LogP contribution in [0.3, 0.4) is 0 Å². The predicted molar refractivity (Wildman–Crippen MR) is 105 cm³/mol. The molecule has 8 nitrogen and oxygen atoms in total. The van der Waals surface area contributed by atoms with Gasteiger partial charge >= 0.3 is 6.09 Å². The van der Waals surface area contributed by atoms with Crippen LogP contribution < -0.4 is 5.32 Å². The summed E-state index contributed by atoms with van der Waals surface area (Å²) in [4.78, 5) is 12.4. The third kappa shape index (κ3) is 10.6. The fraction of sp³-hybridized carbons (Fsp3) is 0.950. The fourth-order valence-electron chi connectivity index (χ4n) is 3.44. The van der Waals surface area contributed by atoms with Crippen LogP contribution in [0.2, 0.25) is 0 Å². The Morgan fingerprint density at radius 3 is 2.43 bits per heavy atom. The minimum Gasteiger partial charge on any atom is -0.444 e. The number of rotatable bonds is 12. The third-order valence-electron chi connectivity index (χ3n) is 4.75. The Labute approximate surface area is 168 Å². The van der Waals surface area contributed by atoms with E-state index in [0.29, 0.717) is 25.6 Å². The summed E-state index contributed by atoms with van der Waals surface area (Å²) in [5.74, 6) is 0.431. The van der Waals surface area contributed by atoms with E-state index in [1.165, 1.54) is 6.42 Å². The summed E-state index contributed by atoms with van der Waals surface area (Å²) < 4.78 is 21.4. The van der Waals surface area contributed by atoms with Crippen molar-refractivity contribution in [2.24, 2.45) is 5.92 Å². The highest BCUT2D eigenvalue weighted by atomic mass is 16.7. The van der Waals surface area contributed by atoms with Crippen molar-refractivity contribution in [1.82, 2.24) is 5.32 Å². The van der Waals surface area contributed by atoms with E-state index in [-0.39, 0.29) is 6.79 Å². The molecule has 1 amide bonds. The Morgan fingerprint density at radius 1 is 1.18 bits per heavy atom. The van der Waals surface area contributed by atoms with E-state index in [4.69, 9.17) is 18.9 Å². The van der Waals surface area contributed by atoms with Crippen molar-refractivity contribution in [1.29, 1.82) is 0 Å². The number of nitrogens with one attached hydrogen (secondary N) is 1. The molecule has 0 bridgehead atoms. The number of methoxy groups -OCH3 is 1. The van der Waals surface area contributed by atoms with E-state index < -0.39 is 36.6 Å². The van der Waals surface area contributed by atoms with Gasteiger partial charge in [-0.25, -0.2) is 4.79 Å². The van der Waals surface area contributed by atoms with Crippen LogP contribution in [-0.4, -0.2) is 73.9 Å². The molecule has 1 saturated carbocycles. The van der Waals surface area contributed by atoms with E-state index >= 15 is 0 Å². The zero-order valence-corrected chi connectivity index (χ0v) is 17.8. The minimum absolute atomic E-state index is 0.0672. The number of alkyl carbamates (subject to hydrolysis) is 1. The highest BCUT2D eigenvalue weighted by Gasteiger charge is 2.34. The Morgan fingerprint density at radius 2 is 1.86 bits per heavy atom. The number of ether oxygens (including phenoxy) is 4. The number of hydrogen-bond acceptors (Lipinski definition) is 7. The van der Waals surface area contributed by atoms with E-state index in [0.717, 1.165) is 25.7 Å². The number of aliphatic hydroxyl groups excluding tert-OH is 2. The molecule has 8 heteroatoms. The van der Waals surface area contributed by atoms with E-state index in [1.807, 2.05) is 0 Å². The molecule has 1 aliphatic rings. The maximum absolute atomic E-state index is 12.4. The molecule has 0 aromatic carbocycles. The summed E-state index contributed by atoms with van der Waals surface area (Å²) in [5.41, 5.74) is -0.630. The predicted octanol–water partition coefficient (Wildman–Crippen LogP) is 2.21. The number of amides is 1. The Hall–Kier alpha value is -0.930. The van der Waals surface area contributed by atoms with Gasteiger partial charge in [-0.3, -0.25) is 0 Å².